The van der Waals surface area contributed by atoms with Crippen LogP contribution in [0.3, 0.4) is 0 Å². The zero-order valence-electron chi connectivity index (χ0n) is 24.7. The smallest absolute Gasteiger partial charge is 0.317 e. The first-order valence-corrected chi connectivity index (χ1v) is 14.3. The number of benzene rings is 1. The highest BCUT2D eigenvalue weighted by Crippen LogP contribution is 2.55. The van der Waals surface area contributed by atoms with Gasteiger partial charge in [-0.15, -0.1) is 0 Å². The molecule has 3 rings (SSSR count). The van der Waals surface area contributed by atoms with Crippen LogP contribution in [0.25, 0.3) is 0 Å². The molecule has 2 aliphatic rings. The Morgan fingerprint density at radius 1 is 1.11 bits per heavy atom. The first kappa shape index (κ1) is 33.3. The molecule has 0 saturated carbocycles. The van der Waals surface area contributed by atoms with E-state index in [0.717, 1.165) is 38.9 Å². The van der Waals surface area contributed by atoms with Crippen molar-refractivity contribution in [3.63, 3.8) is 0 Å². The lowest BCUT2D eigenvalue weighted by Crippen LogP contribution is -2.64. The highest BCUT2D eigenvalue weighted by Gasteiger charge is 2.54. The van der Waals surface area contributed by atoms with E-state index < -0.39 is 0 Å². The Bertz CT molecular complexity index is 754. The summed E-state index contributed by atoms with van der Waals surface area (Å²) in [6, 6.07) is 8.04. The van der Waals surface area contributed by atoms with Gasteiger partial charge in [-0.05, 0) is 57.2 Å². The molecule has 0 bridgehead atoms. The molecule has 7 heteroatoms. The summed E-state index contributed by atoms with van der Waals surface area (Å²) in [4.78, 5) is 20.4. The summed E-state index contributed by atoms with van der Waals surface area (Å²) in [5.41, 5.74) is 1.39. The van der Waals surface area contributed by atoms with Gasteiger partial charge in [0.15, 0.2) is 0 Å². The highest BCUT2D eigenvalue weighted by atomic mass is 19.1. The van der Waals surface area contributed by atoms with Crippen molar-refractivity contribution in [3.05, 3.63) is 35.6 Å². The average Bonchev–Trinajstić information content (AvgIpc) is 2.87. The van der Waals surface area contributed by atoms with Gasteiger partial charge in [0, 0.05) is 44.6 Å². The predicted molar refractivity (Wildman–Crippen MR) is 153 cm³/mol. The molecule has 3 atom stereocenters. The molecule has 1 aromatic rings. The number of amides is 2. The highest BCUT2D eigenvalue weighted by molar-refractivity contribution is 5.74. The minimum Gasteiger partial charge on any atom is -0.335 e. The second-order valence-corrected chi connectivity index (χ2v) is 11.1. The lowest BCUT2D eigenvalue weighted by Gasteiger charge is -2.62. The van der Waals surface area contributed by atoms with Gasteiger partial charge in [0.1, 0.15) is 5.82 Å². The van der Waals surface area contributed by atoms with Crippen molar-refractivity contribution in [2.75, 3.05) is 26.7 Å². The molecular weight excluding hydrogens is 469 g/mol. The van der Waals surface area contributed by atoms with E-state index in [1.807, 2.05) is 17.0 Å². The second kappa shape index (κ2) is 17.0. The maximum atomic E-state index is 13.4. The number of unbranched alkanes of at least 4 members (excludes halogenated alkanes) is 3. The summed E-state index contributed by atoms with van der Waals surface area (Å²) in [6.07, 6.45) is 8.61. The van der Waals surface area contributed by atoms with Crippen molar-refractivity contribution in [1.29, 1.82) is 0 Å². The van der Waals surface area contributed by atoms with E-state index in [9.17, 15) is 9.18 Å². The van der Waals surface area contributed by atoms with Crippen LogP contribution in [-0.2, 0) is 4.89 Å². The average molecular weight is 526 g/mol. The van der Waals surface area contributed by atoms with E-state index in [1.165, 1.54) is 38.4 Å². The van der Waals surface area contributed by atoms with Crippen molar-refractivity contribution >= 4 is 6.03 Å². The number of urea groups is 1. The third-order valence-corrected chi connectivity index (χ3v) is 8.11. The number of carbonyl (C=O) groups is 1. The van der Waals surface area contributed by atoms with E-state index in [0.29, 0.717) is 18.0 Å². The summed E-state index contributed by atoms with van der Waals surface area (Å²) in [7, 11) is 1.18. The van der Waals surface area contributed by atoms with Crippen LogP contribution in [0.1, 0.15) is 106 Å². The lowest BCUT2D eigenvalue weighted by atomic mass is 9.62. The van der Waals surface area contributed by atoms with E-state index in [2.05, 4.69) is 63.6 Å². The molecule has 2 aliphatic heterocycles. The molecule has 216 valence electrons. The number of carbonyl (C=O) groups excluding carboxylic acids is 1. The Hall–Kier alpha value is -1.70. The molecule has 2 fully saturated rings. The van der Waals surface area contributed by atoms with E-state index in [4.69, 9.17) is 5.26 Å². The van der Waals surface area contributed by atoms with Crippen LogP contribution in [0.4, 0.5) is 9.18 Å². The fourth-order valence-electron chi connectivity index (χ4n) is 5.32. The lowest BCUT2D eigenvalue weighted by molar-refractivity contribution is -0.214. The Balaban J connectivity index is 0.00000119. The Morgan fingerprint density at radius 3 is 2.05 bits per heavy atom. The molecule has 6 nitrogen and oxygen atoms in total. The molecule has 2 amide bonds. The van der Waals surface area contributed by atoms with Gasteiger partial charge in [-0.25, -0.2) is 14.1 Å². The monoisotopic (exact) mass is 525 g/mol. The topological polar surface area (TPSA) is 65.0 Å². The molecule has 0 aliphatic carbocycles. The van der Waals surface area contributed by atoms with Crippen molar-refractivity contribution in [2.24, 2.45) is 11.3 Å². The quantitative estimate of drug-likeness (QED) is 0.207. The van der Waals surface area contributed by atoms with Crippen molar-refractivity contribution in [1.82, 2.24) is 15.1 Å². The summed E-state index contributed by atoms with van der Waals surface area (Å²) in [5.74, 6) is 0.296. The Labute approximate surface area is 227 Å². The van der Waals surface area contributed by atoms with Crippen molar-refractivity contribution in [3.8, 4) is 0 Å². The zero-order valence-corrected chi connectivity index (χ0v) is 24.7. The molecule has 0 radical (unpaired) electrons. The fourth-order valence-corrected chi connectivity index (χ4v) is 5.32. The number of nitrogens with zero attached hydrogens (tertiary/aromatic N) is 2. The van der Waals surface area contributed by atoms with E-state index in [-0.39, 0.29) is 24.7 Å². The van der Waals surface area contributed by atoms with Gasteiger partial charge in [0.05, 0.1) is 7.11 Å². The summed E-state index contributed by atoms with van der Waals surface area (Å²) < 4.78 is 13.4. The van der Waals surface area contributed by atoms with Gasteiger partial charge in [-0.1, -0.05) is 71.9 Å². The molecule has 2 N–H and O–H groups in total. The molecule has 1 aromatic carbocycles. The molecule has 1 unspecified atom stereocenters. The number of piperidine rings is 1. The largest absolute Gasteiger partial charge is 0.335 e. The third kappa shape index (κ3) is 9.84. The minimum atomic E-state index is -0.185. The number of likely N-dealkylation sites (tertiary alicyclic amines) is 2. The van der Waals surface area contributed by atoms with Crippen LogP contribution in [0.15, 0.2) is 24.3 Å². The van der Waals surface area contributed by atoms with Crippen LogP contribution in [0.2, 0.25) is 0 Å². The molecule has 2 heterocycles. The SMILES string of the molecule is CCCCCC.CC[C@H](C)[C@@H](C)NC(=O)N1CCC2(CC1)CN(C(C)C)C2c1ccc(F)cc1.COO.[HH]. The second-order valence-electron chi connectivity index (χ2n) is 11.1. The summed E-state index contributed by atoms with van der Waals surface area (Å²) in [6.45, 7) is 18.0. The number of halogens is 1. The summed E-state index contributed by atoms with van der Waals surface area (Å²) >= 11 is 0. The van der Waals surface area contributed by atoms with Gasteiger partial charge >= 0.3 is 6.03 Å². The third-order valence-electron chi connectivity index (χ3n) is 8.11. The number of nitrogens with one attached hydrogen (secondary N) is 1. The van der Waals surface area contributed by atoms with Gasteiger partial charge in [0.2, 0.25) is 0 Å². The number of hydrogen-bond acceptors (Lipinski definition) is 4. The van der Waals surface area contributed by atoms with Gasteiger partial charge in [-0.2, -0.15) is 0 Å². The normalized spacial score (nSPS) is 20.2. The Kier molecular flexibility index (Phi) is 15.3. The predicted octanol–water partition coefficient (Wildman–Crippen LogP) is 7.76. The Morgan fingerprint density at radius 2 is 1.62 bits per heavy atom. The standard InChI is InChI=1S/C23H36FN3O.C6H14.CH4O2.H2/c1-6-17(4)18(5)25-22(28)26-13-11-23(12-14-26)15-27(16(2)3)21(23)19-7-9-20(24)10-8-19;1-3-5-6-4-2;1-3-2;/h7-10,16-18,21H,6,11-15H2,1-5H3,(H,25,28);3-6H2,1-2H3;2H,1H3;1H/t17-,18+,21?;;;/m0.../s1. The first-order valence-electron chi connectivity index (χ1n) is 14.3. The van der Waals surface area contributed by atoms with Crippen LogP contribution < -0.4 is 5.32 Å². The zero-order chi connectivity index (χ0) is 28.0. The maximum Gasteiger partial charge on any atom is 0.317 e. The van der Waals surface area contributed by atoms with E-state index in [1.54, 1.807) is 12.1 Å². The molecule has 37 heavy (non-hydrogen) atoms. The van der Waals surface area contributed by atoms with Crippen LogP contribution in [0.5, 0.6) is 0 Å². The van der Waals surface area contributed by atoms with E-state index >= 15 is 0 Å². The van der Waals surface area contributed by atoms with Crippen molar-refractivity contribution < 1.29 is 20.8 Å². The molecule has 1 spiro atoms. The number of rotatable bonds is 8. The molecular formula is C30H56FN3O3. The van der Waals surface area contributed by atoms with Gasteiger partial charge in [0.25, 0.3) is 0 Å². The number of hydrogen-bond donors (Lipinski definition) is 2. The van der Waals surface area contributed by atoms with Crippen LogP contribution in [-0.4, -0.2) is 59.9 Å². The van der Waals surface area contributed by atoms with Gasteiger partial charge < -0.3 is 10.2 Å². The molecule has 2 saturated heterocycles. The minimum absolute atomic E-state index is 0. The molecule has 0 aromatic heterocycles. The summed E-state index contributed by atoms with van der Waals surface area (Å²) in [5, 5.41) is 10.2. The van der Waals surface area contributed by atoms with Crippen molar-refractivity contribution in [2.45, 2.75) is 112 Å². The fraction of sp³-hybridized carbons (Fsp3) is 0.767. The first-order chi connectivity index (χ1) is 17.6. The van der Waals surface area contributed by atoms with Crippen LogP contribution in [0, 0.1) is 17.2 Å². The van der Waals surface area contributed by atoms with Gasteiger partial charge in [-0.3, -0.25) is 10.2 Å². The van der Waals surface area contributed by atoms with Crippen LogP contribution >= 0.6 is 0 Å². The maximum absolute atomic E-state index is 13.4.